The molecule has 1 aromatic carbocycles. The zero-order chi connectivity index (χ0) is 22.2. The molecule has 0 spiro atoms. The third-order valence-electron chi connectivity index (χ3n) is 3.97. The highest BCUT2D eigenvalue weighted by molar-refractivity contribution is 5.93. The van der Waals surface area contributed by atoms with Gasteiger partial charge in [-0.1, -0.05) is 0 Å². The average Bonchev–Trinajstić information content (AvgIpc) is 2.79. The van der Waals surface area contributed by atoms with Crippen molar-refractivity contribution in [1.29, 1.82) is 0 Å². The topological polar surface area (TPSA) is 125 Å². The van der Waals surface area contributed by atoms with Gasteiger partial charge >= 0.3 is 0 Å². The van der Waals surface area contributed by atoms with Crippen LogP contribution in [0.1, 0.15) is 23.0 Å². The van der Waals surface area contributed by atoms with Gasteiger partial charge in [-0.2, -0.15) is 5.10 Å². The quantitative estimate of drug-likeness (QED) is 0.419. The monoisotopic (exact) mass is 424 g/mol. The molecule has 160 valence electrons. The van der Waals surface area contributed by atoms with E-state index in [0.717, 1.165) is 0 Å². The first-order valence-electron chi connectivity index (χ1n) is 9.30. The smallest absolute Gasteiger partial charge is 0.291 e. The summed E-state index contributed by atoms with van der Waals surface area (Å²) in [6.45, 7) is 2.18. The van der Waals surface area contributed by atoms with Crippen molar-refractivity contribution >= 4 is 12.1 Å². The molecule has 0 aliphatic heterocycles. The SMILES string of the molecule is COc1ccc(F)c(/C=N/NC(=O)c2cncc(-c3ccc(OCC(C)N)nc3)n2)c1. The number of pyridine rings is 1. The fraction of sp³-hybridized carbons (Fsp3) is 0.190. The van der Waals surface area contributed by atoms with Crippen molar-refractivity contribution in [3.63, 3.8) is 0 Å². The van der Waals surface area contributed by atoms with Crippen LogP contribution in [0.15, 0.2) is 54.0 Å². The van der Waals surface area contributed by atoms with Gasteiger partial charge in [0.1, 0.15) is 23.9 Å². The zero-order valence-electron chi connectivity index (χ0n) is 16.9. The maximum atomic E-state index is 13.8. The summed E-state index contributed by atoms with van der Waals surface area (Å²) in [6, 6.07) is 7.51. The fourth-order valence-corrected chi connectivity index (χ4v) is 2.41. The van der Waals surface area contributed by atoms with Gasteiger partial charge in [-0.25, -0.2) is 19.8 Å². The summed E-state index contributed by atoms with van der Waals surface area (Å²) in [6.07, 6.45) is 5.54. The molecule has 0 fully saturated rings. The van der Waals surface area contributed by atoms with Crippen molar-refractivity contribution in [3.8, 4) is 22.9 Å². The number of halogens is 1. The van der Waals surface area contributed by atoms with E-state index in [9.17, 15) is 9.18 Å². The highest BCUT2D eigenvalue weighted by Crippen LogP contribution is 2.18. The number of hydrogen-bond donors (Lipinski definition) is 2. The lowest BCUT2D eigenvalue weighted by molar-refractivity contribution is 0.0950. The van der Waals surface area contributed by atoms with Crippen molar-refractivity contribution in [2.45, 2.75) is 13.0 Å². The molecule has 0 saturated carbocycles. The number of benzene rings is 1. The molecule has 3 aromatic rings. The van der Waals surface area contributed by atoms with Crippen LogP contribution in [0.3, 0.4) is 0 Å². The number of carbonyl (C=O) groups is 1. The Morgan fingerprint density at radius 2 is 2.13 bits per heavy atom. The number of rotatable bonds is 8. The number of aromatic nitrogens is 3. The van der Waals surface area contributed by atoms with Gasteiger partial charge in [0, 0.05) is 29.4 Å². The maximum Gasteiger partial charge on any atom is 0.291 e. The Bertz CT molecular complexity index is 1070. The molecular formula is C21H21FN6O3. The van der Waals surface area contributed by atoms with Gasteiger partial charge in [-0.15, -0.1) is 0 Å². The van der Waals surface area contributed by atoms with E-state index in [1.807, 2.05) is 6.92 Å². The summed E-state index contributed by atoms with van der Waals surface area (Å²) < 4.78 is 24.3. The standard InChI is InChI=1S/C21H21FN6O3/c1-13(23)12-31-20-6-3-14(8-25-20)18-10-24-11-19(27-18)21(29)28-26-9-15-7-16(30-2)4-5-17(15)22/h3-11,13H,12,23H2,1-2H3,(H,28,29)/b26-9+. The maximum absolute atomic E-state index is 13.8. The summed E-state index contributed by atoms with van der Waals surface area (Å²) in [7, 11) is 1.47. The minimum absolute atomic E-state index is 0.0399. The summed E-state index contributed by atoms with van der Waals surface area (Å²) >= 11 is 0. The Hall–Kier alpha value is -3.92. The van der Waals surface area contributed by atoms with Crippen LogP contribution in [0.4, 0.5) is 4.39 Å². The van der Waals surface area contributed by atoms with E-state index >= 15 is 0 Å². The normalized spacial score (nSPS) is 11.9. The summed E-state index contributed by atoms with van der Waals surface area (Å²) in [5.74, 6) is -0.197. The predicted octanol–water partition coefficient (Wildman–Crippen LogP) is 2.18. The van der Waals surface area contributed by atoms with Crippen LogP contribution in [-0.2, 0) is 0 Å². The van der Waals surface area contributed by atoms with Gasteiger partial charge in [0.25, 0.3) is 5.91 Å². The number of ether oxygens (including phenoxy) is 2. The summed E-state index contributed by atoms with van der Waals surface area (Å²) in [4.78, 5) is 24.8. The van der Waals surface area contributed by atoms with Crippen molar-refractivity contribution in [2.24, 2.45) is 10.8 Å². The molecule has 2 aromatic heterocycles. The molecule has 3 rings (SSSR count). The van der Waals surface area contributed by atoms with Gasteiger partial charge in [0.15, 0.2) is 0 Å². The number of carbonyl (C=O) groups excluding carboxylic acids is 1. The molecular weight excluding hydrogens is 403 g/mol. The second-order valence-electron chi connectivity index (χ2n) is 6.55. The van der Waals surface area contributed by atoms with Crippen LogP contribution in [0.5, 0.6) is 11.6 Å². The molecule has 1 amide bonds. The van der Waals surface area contributed by atoms with Crippen LogP contribution in [-0.4, -0.2) is 46.8 Å². The molecule has 0 radical (unpaired) electrons. The van der Waals surface area contributed by atoms with E-state index in [4.69, 9.17) is 15.2 Å². The third-order valence-corrected chi connectivity index (χ3v) is 3.97. The number of hydrazone groups is 1. The highest BCUT2D eigenvalue weighted by atomic mass is 19.1. The Kier molecular flexibility index (Phi) is 7.17. The van der Waals surface area contributed by atoms with Gasteiger partial charge in [0.2, 0.25) is 5.88 Å². The molecule has 0 bridgehead atoms. The first-order chi connectivity index (χ1) is 15.0. The molecule has 1 atom stereocenters. The van der Waals surface area contributed by atoms with Crippen LogP contribution >= 0.6 is 0 Å². The Labute approximate surface area is 178 Å². The van der Waals surface area contributed by atoms with Crippen LogP contribution < -0.4 is 20.6 Å². The van der Waals surface area contributed by atoms with Gasteiger partial charge in [-0.05, 0) is 31.2 Å². The van der Waals surface area contributed by atoms with E-state index in [1.54, 1.807) is 18.3 Å². The van der Waals surface area contributed by atoms with Gasteiger partial charge in [-0.3, -0.25) is 9.78 Å². The molecule has 3 N–H and O–H groups in total. The largest absolute Gasteiger partial charge is 0.497 e. The molecule has 10 heteroatoms. The summed E-state index contributed by atoms with van der Waals surface area (Å²) in [5.41, 5.74) is 9.25. The first-order valence-corrected chi connectivity index (χ1v) is 9.30. The molecule has 1 unspecified atom stereocenters. The molecule has 31 heavy (non-hydrogen) atoms. The Morgan fingerprint density at radius 3 is 2.84 bits per heavy atom. The Balaban J connectivity index is 1.67. The summed E-state index contributed by atoms with van der Waals surface area (Å²) in [5, 5.41) is 3.78. The molecule has 0 aliphatic rings. The predicted molar refractivity (Wildman–Crippen MR) is 112 cm³/mol. The lowest BCUT2D eigenvalue weighted by atomic mass is 10.2. The second-order valence-corrected chi connectivity index (χ2v) is 6.55. The number of nitrogens with one attached hydrogen (secondary N) is 1. The van der Waals surface area contributed by atoms with Crippen molar-refractivity contribution < 1.29 is 18.7 Å². The lowest BCUT2D eigenvalue weighted by Crippen LogP contribution is -2.23. The van der Waals surface area contributed by atoms with Crippen LogP contribution in [0.25, 0.3) is 11.3 Å². The van der Waals surface area contributed by atoms with Crippen LogP contribution in [0, 0.1) is 5.82 Å². The molecule has 0 aliphatic carbocycles. The average molecular weight is 424 g/mol. The zero-order valence-corrected chi connectivity index (χ0v) is 16.9. The van der Waals surface area contributed by atoms with Crippen molar-refractivity contribution in [1.82, 2.24) is 20.4 Å². The lowest BCUT2D eigenvalue weighted by Gasteiger charge is -2.08. The number of nitrogens with zero attached hydrogens (tertiary/aromatic N) is 4. The Morgan fingerprint density at radius 1 is 1.29 bits per heavy atom. The number of nitrogens with two attached hydrogens (primary N) is 1. The molecule has 2 heterocycles. The fourth-order valence-electron chi connectivity index (χ4n) is 2.41. The van der Waals surface area contributed by atoms with Gasteiger partial charge < -0.3 is 15.2 Å². The second kappa shape index (κ2) is 10.2. The molecule has 0 saturated heterocycles. The van der Waals surface area contributed by atoms with E-state index in [2.05, 4.69) is 25.5 Å². The van der Waals surface area contributed by atoms with Crippen molar-refractivity contribution in [3.05, 3.63) is 66.0 Å². The number of amides is 1. The molecule has 9 nitrogen and oxygen atoms in total. The van der Waals surface area contributed by atoms with Crippen molar-refractivity contribution in [2.75, 3.05) is 13.7 Å². The minimum atomic E-state index is -0.598. The van der Waals surface area contributed by atoms with E-state index in [1.165, 1.54) is 43.9 Å². The van der Waals surface area contributed by atoms with Gasteiger partial charge in [0.05, 0.1) is 31.4 Å². The number of hydrogen-bond acceptors (Lipinski definition) is 8. The van der Waals surface area contributed by atoms with E-state index < -0.39 is 11.7 Å². The first kappa shape index (κ1) is 21.8. The van der Waals surface area contributed by atoms with E-state index in [0.29, 0.717) is 29.5 Å². The van der Waals surface area contributed by atoms with Crippen LogP contribution in [0.2, 0.25) is 0 Å². The highest BCUT2D eigenvalue weighted by Gasteiger charge is 2.10. The van der Waals surface area contributed by atoms with E-state index in [-0.39, 0.29) is 17.3 Å². The third kappa shape index (κ3) is 6.03. The number of methoxy groups -OCH3 is 1. The minimum Gasteiger partial charge on any atom is -0.497 e.